The molecule has 1 heterocycles. The van der Waals surface area contributed by atoms with Gasteiger partial charge < -0.3 is 10.1 Å². The number of nitrogens with zero attached hydrogens (tertiary/aromatic N) is 1. The number of benzene rings is 2. The molecule has 1 atom stereocenters. The highest BCUT2D eigenvalue weighted by Crippen LogP contribution is 2.30. The van der Waals surface area contributed by atoms with Crippen molar-refractivity contribution < 1.29 is 9.53 Å². The van der Waals surface area contributed by atoms with Crippen molar-refractivity contribution in [3.8, 4) is 16.9 Å². The molecule has 4 nitrogen and oxygen atoms in total. The van der Waals surface area contributed by atoms with Gasteiger partial charge in [0.15, 0.2) is 0 Å². The Bertz CT molecular complexity index is 827. The number of allylic oxidation sites excluding steroid dienone is 1. The summed E-state index contributed by atoms with van der Waals surface area (Å²) in [4.78, 5) is 15.4. The summed E-state index contributed by atoms with van der Waals surface area (Å²) in [6.07, 6.45) is 4.16. The summed E-state index contributed by atoms with van der Waals surface area (Å²) in [5.41, 5.74) is 4.30. The van der Waals surface area contributed by atoms with Gasteiger partial charge in [0, 0.05) is 24.3 Å². The van der Waals surface area contributed by atoms with Crippen LogP contribution in [-0.4, -0.2) is 37.6 Å². The van der Waals surface area contributed by atoms with Gasteiger partial charge in [-0.3, -0.25) is 9.69 Å². The Kier molecular flexibility index (Phi) is 6.88. The van der Waals surface area contributed by atoms with Crippen molar-refractivity contribution in [2.75, 3.05) is 32.1 Å². The van der Waals surface area contributed by atoms with Gasteiger partial charge in [-0.25, -0.2) is 0 Å². The molecule has 0 bridgehead atoms. The molecule has 2 aromatic carbocycles. The Labute approximate surface area is 168 Å². The first-order chi connectivity index (χ1) is 13.6. The van der Waals surface area contributed by atoms with E-state index in [0.29, 0.717) is 0 Å². The number of carbonyl (C=O) groups excluding carboxylic acids is 1. The number of amides is 1. The molecule has 0 radical (unpaired) electrons. The van der Waals surface area contributed by atoms with E-state index < -0.39 is 0 Å². The van der Waals surface area contributed by atoms with E-state index in [4.69, 9.17) is 4.74 Å². The molecule has 4 heteroatoms. The summed E-state index contributed by atoms with van der Waals surface area (Å²) in [5.74, 6) is 0.968. The molecule has 1 fully saturated rings. The Morgan fingerprint density at radius 2 is 1.96 bits per heavy atom. The van der Waals surface area contributed by atoms with Gasteiger partial charge in [-0.15, -0.1) is 0 Å². The topological polar surface area (TPSA) is 41.6 Å². The third kappa shape index (κ3) is 5.02. The number of nitrogens with one attached hydrogen (secondary N) is 1. The van der Waals surface area contributed by atoms with E-state index in [1.54, 1.807) is 7.11 Å². The monoisotopic (exact) mass is 378 g/mol. The van der Waals surface area contributed by atoms with Crippen LogP contribution in [-0.2, 0) is 4.79 Å². The number of carbonyl (C=O) groups is 1. The smallest absolute Gasteiger partial charge is 0.228 e. The van der Waals surface area contributed by atoms with E-state index in [1.807, 2.05) is 48.5 Å². The zero-order valence-electron chi connectivity index (χ0n) is 17.1. The maximum atomic E-state index is 13.0. The summed E-state index contributed by atoms with van der Waals surface area (Å²) in [6.45, 7) is 7.05. The Hall–Kier alpha value is -2.59. The number of anilines is 1. The number of hydrogen-bond donors (Lipinski definition) is 1. The summed E-state index contributed by atoms with van der Waals surface area (Å²) < 4.78 is 5.25. The summed E-state index contributed by atoms with van der Waals surface area (Å²) >= 11 is 0. The van der Waals surface area contributed by atoms with Gasteiger partial charge in [-0.1, -0.05) is 42.0 Å². The third-order valence-electron chi connectivity index (χ3n) is 5.43. The number of methoxy groups -OCH3 is 1. The van der Waals surface area contributed by atoms with Crippen LogP contribution in [0.4, 0.5) is 5.69 Å². The lowest BCUT2D eigenvalue weighted by molar-refractivity contribution is -0.121. The van der Waals surface area contributed by atoms with Crippen molar-refractivity contribution in [2.45, 2.75) is 26.7 Å². The first-order valence-corrected chi connectivity index (χ1v) is 9.99. The molecule has 148 valence electrons. The van der Waals surface area contributed by atoms with E-state index in [2.05, 4.69) is 30.1 Å². The lowest BCUT2D eigenvalue weighted by Gasteiger charge is -2.32. The number of hydrogen-bond acceptors (Lipinski definition) is 3. The van der Waals surface area contributed by atoms with E-state index in [0.717, 1.165) is 55.0 Å². The minimum Gasteiger partial charge on any atom is -0.497 e. The summed E-state index contributed by atoms with van der Waals surface area (Å²) in [7, 11) is 1.66. The zero-order valence-corrected chi connectivity index (χ0v) is 17.1. The second-order valence-corrected chi connectivity index (χ2v) is 7.47. The second-order valence-electron chi connectivity index (χ2n) is 7.47. The summed E-state index contributed by atoms with van der Waals surface area (Å²) in [6, 6.07) is 15.9. The average Bonchev–Trinajstić information content (AvgIpc) is 2.74. The molecular weight excluding hydrogens is 348 g/mol. The molecule has 0 spiro atoms. The molecule has 0 saturated carbocycles. The SMILES string of the molecule is C/C=C(\C)CN1CCC[C@@H](C(=O)Nc2ccccc2-c2ccc(OC)cc2)C1. The van der Waals surface area contributed by atoms with Crippen molar-refractivity contribution in [3.63, 3.8) is 0 Å². The molecule has 0 aromatic heterocycles. The molecule has 0 aliphatic carbocycles. The van der Waals surface area contributed by atoms with Gasteiger partial charge in [0.2, 0.25) is 5.91 Å². The maximum Gasteiger partial charge on any atom is 0.228 e. The fraction of sp³-hybridized carbons (Fsp3) is 0.375. The van der Waals surface area contributed by atoms with Gasteiger partial charge in [-0.2, -0.15) is 0 Å². The lowest BCUT2D eigenvalue weighted by Crippen LogP contribution is -2.41. The van der Waals surface area contributed by atoms with E-state index in [9.17, 15) is 4.79 Å². The number of rotatable bonds is 6. The van der Waals surface area contributed by atoms with Gasteiger partial charge in [0.05, 0.1) is 13.0 Å². The minimum absolute atomic E-state index is 0.0299. The predicted octanol–water partition coefficient (Wildman–Crippen LogP) is 4.98. The van der Waals surface area contributed by atoms with Crippen LogP contribution in [0.2, 0.25) is 0 Å². The molecule has 1 aliphatic rings. The molecule has 1 amide bonds. The maximum absolute atomic E-state index is 13.0. The number of ether oxygens (including phenoxy) is 1. The Morgan fingerprint density at radius 3 is 2.68 bits per heavy atom. The van der Waals surface area contributed by atoms with Crippen molar-refractivity contribution >= 4 is 11.6 Å². The molecule has 28 heavy (non-hydrogen) atoms. The van der Waals surface area contributed by atoms with Crippen LogP contribution < -0.4 is 10.1 Å². The number of likely N-dealkylation sites (tertiary alicyclic amines) is 1. The standard InChI is InChI=1S/C24H30N2O2/c1-4-18(2)16-26-15-7-8-20(17-26)24(27)25-23-10-6-5-9-22(23)19-11-13-21(28-3)14-12-19/h4-6,9-14,20H,7-8,15-17H2,1-3H3,(H,25,27)/b18-4+/t20-/m1/s1. The molecule has 2 aromatic rings. The van der Waals surface area contributed by atoms with Crippen LogP contribution in [0.3, 0.4) is 0 Å². The molecule has 0 unspecified atom stereocenters. The predicted molar refractivity (Wildman–Crippen MR) is 116 cm³/mol. The summed E-state index contributed by atoms with van der Waals surface area (Å²) in [5, 5.41) is 3.18. The van der Waals surface area contributed by atoms with E-state index in [1.165, 1.54) is 5.57 Å². The normalized spacial score (nSPS) is 18.0. The first kappa shape index (κ1) is 20.2. The highest BCUT2D eigenvalue weighted by Gasteiger charge is 2.26. The third-order valence-corrected chi connectivity index (χ3v) is 5.43. The highest BCUT2D eigenvalue weighted by atomic mass is 16.5. The van der Waals surface area contributed by atoms with Crippen LogP contribution in [0.5, 0.6) is 5.75 Å². The fourth-order valence-corrected chi connectivity index (χ4v) is 3.71. The molecule has 1 N–H and O–H groups in total. The van der Waals surface area contributed by atoms with Crippen LogP contribution in [0, 0.1) is 5.92 Å². The van der Waals surface area contributed by atoms with Gasteiger partial charge in [0.1, 0.15) is 5.75 Å². The van der Waals surface area contributed by atoms with Crippen LogP contribution >= 0.6 is 0 Å². The van der Waals surface area contributed by atoms with Crippen LogP contribution in [0.1, 0.15) is 26.7 Å². The van der Waals surface area contributed by atoms with Gasteiger partial charge >= 0.3 is 0 Å². The fourth-order valence-electron chi connectivity index (χ4n) is 3.71. The molecular formula is C24H30N2O2. The van der Waals surface area contributed by atoms with Crippen molar-refractivity contribution in [3.05, 3.63) is 60.2 Å². The lowest BCUT2D eigenvalue weighted by atomic mass is 9.96. The molecule has 1 aliphatic heterocycles. The Morgan fingerprint density at radius 1 is 1.21 bits per heavy atom. The largest absolute Gasteiger partial charge is 0.497 e. The van der Waals surface area contributed by atoms with Crippen molar-refractivity contribution in [1.29, 1.82) is 0 Å². The van der Waals surface area contributed by atoms with Gasteiger partial charge in [-0.05, 0) is 57.0 Å². The zero-order chi connectivity index (χ0) is 19.9. The molecule has 3 rings (SSSR count). The van der Waals surface area contributed by atoms with Crippen LogP contribution in [0.15, 0.2) is 60.2 Å². The van der Waals surface area contributed by atoms with E-state index >= 15 is 0 Å². The second kappa shape index (κ2) is 9.56. The minimum atomic E-state index is 0.0299. The number of piperidine rings is 1. The van der Waals surface area contributed by atoms with Crippen LogP contribution in [0.25, 0.3) is 11.1 Å². The highest BCUT2D eigenvalue weighted by molar-refractivity contribution is 5.97. The average molecular weight is 379 g/mol. The quantitative estimate of drug-likeness (QED) is 0.721. The van der Waals surface area contributed by atoms with Crippen molar-refractivity contribution in [2.24, 2.45) is 5.92 Å². The molecule has 1 saturated heterocycles. The van der Waals surface area contributed by atoms with Gasteiger partial charge in [0.25, 0.3) is 0 Å². The van der Waals surface area contributed by atoms with Crippen molar-refractivity contribution in [1.82, 2.24) is 4.90 Å². The van der Waals surface area contributed by atoms with E-state index in [-0.39, 0.29) is 11.8 Å². The first-order valence-electron chi connectivity index (χ1n) is 9.99. The number of para-hydroxylation sites is 1. The Balaban J connectivity index is 1.72.